The topological polar surface area (TPSA) is 186 Å². The van der Waals surface area contributed by atoms with Gasteiger partial charge in [0, 0.05) is 18.0 Å². The van der Waals surface area contributed by atoms with E-state index in [4.69, 9.17) is 15.9 Å². The van der Waals surface area contributed by atoms with Crippen molar-refractivity contribution in [1.82, 2.24) is 15.6 Å². The maximum absolute atomic E-state index is 13.4. The van der Waals surface area contributed by atoms with Gasteiger partial charge in [0.05, 0.1) is 0 Å². The Labute approximate surface area is 228 Å². The van der Waals surface area contributed by atoms with E-state index in [1.54, 1.807) is 24.3 Å². The highest BCUT2D eigenvalue weighted by molar-refractivity contribution is 5.99. The Morgan fingerprint density at radius 3 is 2.41 bits per heavy atom. The van der Waals surface area contributed by atoms with Crippen molar-refractivity contribution < 1.29 is 23.9 Å². The Bertz CT molecular complexity index is 1140. The first-order valence-electron chi connectivity index (χ1n) is 13.6. The maximum Gasteiger partial charge on any atom is 0.326 e. The molecule has 0 radical (unpaired) electrons. The highest BCUT2D eigenvalue weighted by Gasteiger charge is 2.31. The van der Waals surface area contributed by atoms with Gasteiger partial charge in [0.25, 0.3) is 5.91 Å². The number of nitrogens with zero attached hydrogens (tertiary/aromatic N) is 2. The third kappa shape index (κ3) is 8.83. The van der Waals surface area contributed by atoms with Gasteiger partial charge in [-0.3, -0.25) is 14.6 Å². The van der Waals surface area contributed by atoms with Crippen LogP contribution in [-0.4, -0.2) is 46.4 Å². The van der Waals surface area contributed by atoms with E-state index in [-0.39, 0.29) is 54.0 Å². The van der Waals surface area contributed by atoms with Crippen LogP contribution in [-0.2, 0) is 9.59 Å². The Morgan fingerprint density at radius 1 is 1.10 bits per heavy atom. The van der Waals surface area contributed by atoms with Crippen LogP contribution in [0.4, 0.5) is 0 Å². The minimum absolute atomic E-state index is 0.0301. The molecule has 7 N–H and O–H groups in total. The zero-order chi connectivity index (χ0) is 28.4. The number of hydrogen-bond acceptors (Lipinski definition) is 6. The number of guanidine groups is 1. The molecule has 11 heteroatoms. The van der Waals surface area contributed by atoms with Gasteiger partial charge in [-0.1, -0.05) is 63.4 Å². The number of benzene rings is 1. The number of oxazole rings is 1. The van der Waals surface area contributed by atoms with Crippen LogP contribution in [0.15, 0.2) is 39.7 Å². The molecule has 11 nitrogen and oxygen atoms in total. The van der Waals surface area contributed by atoms with Gasteiger partial charge in [0.15, 0.2) is 17.4 Å². The van der Waals surface area contributed by atoms with Crippen LogP contribution in [0.25, 0.3) is 11.3 Å². The molecule has 2 atom stereocenters. The number of nitrogens with two attached hydrogens (primary N) is 2. The second-order valence-electron chi connectivity index (χ2n) is 10.4. The van der Waals surface area contributed by atoms with Gasteiger partial charge in [-0.15, -0.1) is 0 Å². The lowest BCUT2D eigenvalue weighted by Gasteiger charge is -2.24. The molecule has 1 aliphatic carbocycles. The summed E-state index contributed by atoms with van der Waals surface area (Å²) >= 11 is 0. The molecule has 1 aromatic carbocycles. The molecule has 0 spiro atoms. The Morgan fingerprint density at radius 2 is 1.79 bits per heavy atom. The number of carboxylic acid groups (broad SMARTS) is 1. The van der Waals surface area contributed by atoms with E-state index in [2.05, 4.69) is 20.6 Å². The number of aromatic nitrogens is 1. The normalized spacial score (nSPS) is 15.4. The molecular weight excluding hydrogens is 500 g/mol. The predicted octanol–water partition coefficient (Wildman–Crippen LogP) is 3.36. The van der Waals surface area contributed by atoms with Crippen LogP contribution in [0, 0.1) is 11.8 Å². The average Bonchev–Trinajstić information content (AvgIpc) is 3.36. The minimum Gasteiger partial charge on any atom is -0.480 e. The van der Waals surface area contributed by atoms with E-state index in [9.17, 15) is 19.5 Å². The molecule has 3 rings (SSSR count). The lowest BCUT2D eigenvalue weighted by atomic mass is 9.88. The van der Waals surface area contributed by atoms with Crippen LogP contribution in [0.5, 0.6) is 0 Å². The van der Waals surface area contributed by atoms with Crippen molar-refractivity contribution in [2.45, 2.75) is 77.3 Å². The summed E-state index contributed by atoms with van der Waals surface area (Å²) in [7, 11) is 0. The molecule has 1 aliphatic rings. The standard InChI is InChI=1S/C28H40N6O5/c1-17(2)16-21(33-24(35)19-12-7-4-8-13-19)26-34-22(23(39-26)18-10-5-3-6-11-18)25(36)32-20(27(37)38)14-9-15-31-28(29)30/h3,5-6,10-11,17,19-21H,4,7-9,12-16H2,1-2H3,(H,32,36)(H,33,35)(H,37,38)(H4,29,30,31)/t20-,21-/m0/s1. The lowest BCUT2D eigenvalue weighted by molar-refractivity contribution is -0.139. The van der Waals surface area contributed by atoms with Crippen molar-refractivity contribution >= 4 is 23.7 Å². The minimum atomic E-state index is -1.18. The third-order valence-electron chi connectivity index (χ3n) is 6.74. The SMILES string of the molecule is CC(C)C[C@H](NC(=O)C1CCCCC1)c1nc(C(=O)N[C@@H](CCCN=C(N)N)C(=O)O)c(-c2ccccc2)o1. The molecule has 1 aromatic heterocycles. The molecule has 0 bridgehead atoms. The van der Waals surface area contributed by atoms with Crippen molar-refractivity contribution in [3.05, 3.63) is 41.9 Å². The van der Waals surface area contributed by atoms with Crippen LogP contribution in [0.2, 0.25) is 0 Å². The third-order valence-corrected chi connectivity index (χ3v) is 6.74. The average molecular weight is 541 g/mol. The molecule has 1 fully saturated rings. The summed E-state index contributed by atoms with van der Waals surface area (Å²) in [6.07, 6.45) is 5.96. The van der Waals surface area contributed by atoms with Crippen LogP contribution >= 0.6 is 0 Å². The summed E-state index contributed by atoms with van der Waals surface area (Å²) in [6.45, 7) is 4.31. The number of carbonyl (C=O) groups excluding carboxylic acids is 2. The van der Waals surface area contributed by atoms with Gasteiger partial charge in [-0.25, -0.2) is 9.78 Å². The van der Waals surface area contributed by atoms with Crippen LogP contribution < -0.4 is 22.1 Å². The number of aliphatic carboxylic acids is 1. The number of aliphatic imine (C=N–C) groups is 1. The highest BCUT2D eigenvalue weighted by Crippen LogP contribution is 2.31. The Hall–Kier alpha value is -3.89. The number of amides is 2. The van der Waals surface area contributed by atoms with Gasteiger partial charge in [-0.05, 0) is 38.0 Å². The number of rotatable bonds is 13. The first-order chi connectivity index (χ1) is 18.7. The van der Waals surface area contributed by atoms with Crippen molar-refractivity contribution in [2.75, 3.05) is 6.54 Å². The zero-order valence-corrected chi connectivity index (χ0v) is 22.7. The lowest BCUT2D eigenvalue weighted by Crippen LogP contribution is -2.41. The van der Waals surface area contributed by atoms with E-state index in [0.29, 0.717) is 18.4 Å². The smallest absolute Gasteiger partial charge is 0.326 e. The second kappa shape index (κ2) is 14.3. The Balaban J connectivity index is 1.88. The van der Waals surface area contributed by atoms with E-state index < -0.39 is 24.0 Å². The monoisotopic (exact) mass is 540 g/mol. The van der Waals surface area contributed by atoms with Gasteiger partial charge >= 0.3 is 5.97 Å². The largest absolute Gasteiger partial charge is 0.480 e. The van der Waals surface area contributed by atoms with Gasteiger partial charge in [-0.2, -0.15) is 0 Å². The first kappa shape index (κ1) is 29.7. The Kier molecular flexibility index (Phi) is 10.9. The van der Waals surface area contributed by atoms with Gasteiger partial charge in [0.1, 0.15) is 12.1 Å². The summed E-state index contributed by atoms with van der Waals surface area (Å²) in [6, 6.07) is 7.31. The summed E-state index contributed by atoms with van der Waals surface area (Å²) < 4.78 is 6.16. The molecule has 39 heavy (non-hydrogen) atoms. The number of carbonyl (C=O) groups is 3. The van der Waals surface area contributed by atoms with Crippen molar-refractivity contribution in [2.24, 2.45) is 28.3 Å². The van der Waals surface area contributed by atoms with Crippen molar-refractivity contribution in [1.29, 1.82) is 0 Å². The first-order valence-corrected chi connectivity index (χ1v) is 13.6. The number of nitrogens with one attached hydrogen (secondary N) is 2. The molecule has 2 aromatic rings. The zero-order valence-electron chi connectivity index (χ0n) is 22.7. The highest BCUT2D eigenvalue weighted by atomic mass is 16.4. The van der Waals surface area contributed by atoms with Crippen molar-refractivity contribution in [3.8, 4) is 11.3 Å². The molecule has 0 saturated heterocycles. The number of carboxylic acids is 1. The molecule has 2 amide bonds. The molecule has 0 unspecified atom stereocenters. The molecule has 212 valence electrons. The van der Waals surface area contributed by atoms with Crippen LogP contribution in [0.3, 0.4) is 0 Å². The second-order valence-corrected chi connectivity index (χ2v) is 10.4. The quantitative estimate of drug-likeness (QED) is 0.145. The fraction of sp³-hybridized carbons (Fsp3) is 0.536. The van der Waals surface area contributed by atoms with Crippen LogP contribution in [0.1, 0.15) is 87.6 Å². The van der Waals surface area contributed by atoms with E-state index in [1.165, 1.54) is 0 Å². The molecule has 1 saturated carbocycles. The molecule has 0 aliphatic heterocycles. The van der Waals surface area contributed by atoms with Gasteiger partial charge in [0.2, 0.25) is 11.8 Å². The van der Waals surface area contributed by atoms with Gasteiger partial charge < -0.3 is 31.6 Å². The fourth-order valence-electron chi connectivity index (χ4n) is 4.76. The molecular formula is C28H40N6O5. The number of hydrogen-bond donors (Lipinski definition) is 5. The summed E-state index contributed by atoms with van der Waals surface area (Å²) in [4.78, 5) is 46.7. The van der Waals surface area contributed by atoms with Crippen molar-refractivity contribution in [3.63, 3.8) is 0 Å². The van der Waals surface area contributed by atoms with E-state index in [1.807, 2.05) is 19.9 Å². The summed E-state index contributed by atoms with van der Waals surface area (Å²) in [5.41, 5.74) is 11.2. The maximum atomic E-state index is 13.4. The van der Waals surface area contributed by atoms with E-state index in [0.717, 1.165) is 32.1 Å². The summed E-state index contributed by atoms with van der Waals surface area (Å²) in [5, 5.41) is 15.4. The summed E-state index contributed by atoms with van der Waals surface area (Å²) in [5.74, 6) is -1.37. The molecule has 1 heterocycles. The van der Waals surface area contributed by atoms with E-state index >= 15 is 0 Å². The fourth-order valence-corrected chi connectivity index (χ4v) is 4.76. The predicted molar refractivity (Wildman–Crippen MR) is 148 cm³/mol.